The minimum atomic E-state index is -4.61. The molecule has 162 valence electrons. The maximum Gasteiger partial charge on any atom is 0.469 e. The predicted molar refractivity (Wildman–Crippen MR) is 107 cm³/mol. The third-order valence-electron chi connectivity index (χ3n) is 4.47. The molecule has 0 aromatic rings. The Kier molecular flexibility index (Phi) is 17.3. The Morgan fingerprint density at radius 1 is 0.852 bits per heavy atom. The fourth-order valence-corrected chi connectivity index (χ4v) is 3.18. The van der Waals surface area contributed by atoms with E-state index in [2.05, 4.69) is 11.4 Å². The van der Waals surface area contributed by atoms with Crippen LogP contribution in [0.1, 0.15) is 96.8 Å². The Hall–Kier alpha value is -0.460. The molecule has 0 saturated heterocycles. The van der Waals surface area contributed by atoms with Crippen molar-refractivity contribution in [2.24, 2.45) is 5.73 Å². The summed E-state index contributed by atoms with van der Waals surface area (Å²) in [5.74, 6) is -0.696. The second-order valence-corrected chi connectivity index (χ2v) is 8.40. The molecule has 0 saturated carbocycles. The van der Waals surface area contributed by atoms with E-state index in [1.54, 1.807) is 0 Å². The van der Waals surface area contributed by atoms with Crippen LogP contribution in [0.4, 0.5) is 0 Å². The fourth-order valence-electron chi connectivity index (χ4n) is 2.82. The summed E-state index contributed by atoms with van der Waals surface area (Å²) in [5, 5.41) is 0. The van der Waals surface area contributed by atoms with E-state index in [-0.39, 0.29) is 6.61 Å². The van der Waals surface area contributed by atoms with Gasteiger partial charge < -0.3 is 20.3 Å². The molecule has 27 heavy (non-hydrogen) atoms. The minimum Gasteiger partial charge on any atom is -0.464 e. The first-order valence-corrected chi connectivity index (χ1v) is 12.0. The Morgan fingerprint density at radius 2 is 1.26 bits per heavy atom. The van der Waals surface area contributed by atoms with Gasteiger partial charge in [-0.05, 0) is 6.42 Å². The zero-order valence-electron chi connectivity index (χ0n) is 16.9. The lowest BCUT2D eigenvalue weighted by Crippen LogP contribution is -2.36. The van der Waals surface area contributed by atoms with Gasteiger partial charge in [0.2, 0.25) is 0 Å². The highest BCUT2D eigenvalue weighted by atomic mass is 31.2. The van der Waals surface area contributed by atoms with E-state index in [0.717, 1.165) is 19.3 Å². The minimum absolute atomic E-state index is 0.278. The van der Waals surface area contributed by atoms with Crippen LogP contribution < -0.4 is 5.73 Å². The molecule has 0 bridgehead atoms. The molecule has 0 unspecified atom stereocenters. The van der Waals surface area contributed by atoms with E-state index >= 15 is 0 Å². The van der Waals surface area contributed by atoms with E-state index in [0.29, 0.717) is 0 Å². The van der Waals surface area contributed by atoms with Crippen molar-refractivity contribution in [2.75, 3.05) is 13.2 Å². The summed E-state index contributed by atoms with van der Waals surface area (Å²) < 4.78 is 19.7. The van der Waals surface area contributed by atoms with Crippen LogP contribution in [0, 0.1) is 0 Å². The molecule has 4 N–H and O–H groups in total. The van der Waals surface area contributed by atoms with Crippen LogP contribution in [0.5, 0.6) is 0 Å². The number of phosphoric acid groups is 1. The zero-order chi connectivity index (χ0) is 20.4. The maximum absolute atomic E-state index is 11.5. The van der Waals surface area contributed by atoms with Crippen molar-refractivity contribution >= 4 is 13.8 Å². The number of unbranched alkanes of at least 4 members (excludes halogenated alkanes) is 13. The Balaban J connectivity index is 3.30. The smallest absolute Gasteiger partial charge is 0.464 e. The highest BCUT2D eigenvalue weighted by molar-refractivity contribution is 7.46. The Morgan fingerprint density at radius 3 is 1.67 bits per heavy atom. The summed E-state index contributed by atoms with van der Waals surface area (Å²) >= 11 is 0. The molecule has 0 fully saturated rings. The van der Waals surface area contributed by atoms with Crippen LogP contribution in [0.25, 0.3) is 0 Å². The largest absolute Gasteiger partial charge is 0.469 e. The van der Waals surface area contributed by atoms with Crippen molar-refractivity contribution in [1.29, 1.82) is 0 Å². The first kappa shape index (κ1) is 26.5. The number of carbonyl (C=O) groups is 1. The van der Waals surface area contributed by atoms with Crippen molar-refractivity contribution in [3.05, 3.63) is 0 Å². The van der Waals surface area contributed by atoms with Gasteiger partial charge in [-0.2, -0.15) is 0 Å². The van der Waals surface area contributed by atoms with Crippen LogP contribution in [0.3, 0.4) is 0 Å². The van der Waals surface area contributed by atoms with Gasteiger partial charge >= 0.3 is 13.8 Å². The van der Waals surface area contributed by atoms with Crippen molar-refractivity contribution in [1.82, 2.24) is 0 Å². The van der Waals surface area contributed by atoms with Gasteiger partial charge in [0, 0.05) is 0 Å². The SMILES string of the molecule is CCCCCCCCCCCCCCCCOC(=O)[C@@H](N)COP(=O)(O)O. The average Bonchev–Trinajstić information content (AvgIpc) is 2.62. The van der Waals surface area contributed by atoms with Crippen molar-refractivity contribution in [3.63, 3.8) is 0 Å². The predicted octanol–water partition coefficient (Wildman–Crippen LogP) is 4.45. The zero-order valence-corrected chi connectivity index (χ0v) is 17.8. The number of hydrogen-bond acceptors (Lipinski definition) is 5. The summed E-state index contributed by atoms with van der Waals surface area (Å²) in [6.45, 7) is 1.97. The van der Waals surface area contributed by atoms with Gasteiger partial charge in [0.15, 0.2) is 0 Å². The number of ether oxygens (including phenoxy) is 1. The first-order valence-electron chi connectivity index (χ1n) is 10.5. The van der Waals surface area contributed by atoms with Crippen LogP contribution >= 0.6 is 7.82 Å². The summed E-state index contributed by atoms with van der Waals surface area (Å²) in [7, 11) is -4.61. The molecule has 0 heterocycles. The van der Waals surface area contributed by atoms with Crippen molar-refractivity contribution in [2.45, 2.75) is 103 Å². The van der Waals surface area contributed by atoms with Gasteiger partial charge in [-0.1, -0.05) is 90.4 Å². The standard InChI is InChI=1S/C19H40NO6P/c1-2-3-4-5-6-7-8-9-10-11-12-13-14-15-16-25-19(21)18(20)17-26-27(22,23)24/h18H,2-17,20H2,1H3,(H2,22,23,24)/t18-/m0/s1. The van der Waals surface area contributed by atoms with Gasteiger partial charge in [-0.25, -0.2) is 4.57 Å². The number of phosphoric ester groups is 1. The molecule has 0 aromatic heterocycles. The molecule has 7 nitrogen and oxygen atoms in total. The van der Waals surface area contributed by atoms with Crippen LogP contribution in [0.2, 0.25) is 0 Å². The van der Waals surface area contributed by atoms with E-state index in [1.165, 1.54) is 70.6 Å². The van der Waals surface area contributed by atoms with Gasteiger partial charge in [0.25, 0.3) is 0 Å². The molecule has 0 aliphatic rings. The second kappa shape index (κ2) is 17.6. The Bertz CT molecular complexity index is 402. The van der Waals surface area contributed by atoms with Crippen LogP contribution in [0.15, 0.2) is 0 Å². The third-order valence-corrected chi connectivity index (χ3v) is 4.95. The lowest BCUT2D eigenvalue weighted by molar-refractivity contribution is -0.146. The van der Waals surface area contributed by atoms with Crippen molar-refractivity contribution < 1.29 is 28.4 Å². The molecule has 0 rings (SSSR count). The fraction of sp³-hybridized carbons (Fsp3) is 0.947. The first-order chi connectivity index (χ1) is 12.9. The van der Waals surface area contributed by atoms with E-state index < -0.39 is 26.4 Å². The average molecular weight is 410 g/mol. The van der Waals surface area contributed by atoms with Crippen molar-refractivity contribution in [3.8, 4) is 0 Å². The molecule has 0 aromatic carbocycles. The number of carbonyl (C=O) groups excluding carboxylic acids is 1. The van der Waals surface area contributed by atoms with Gasteiger partial charge in [-0.15, -0.1) is 0 Å². The van der Waals surface area contributed by atoms with E-state index in [4.69, 9.17) is 20.3 Å². The molecule has 8 heteroatoms. The number of rotatable bonds is 19. The second-order valence-electron chi connectivity index (χ2n) is 7.16. The van der Waals surface area contributed by atoms with Gasteiger partial charge in [-0.3, -0.25) is 9.32 Å². The maximum atomic E-state index is 11.5. The quantitative estimate of drug-likeness (QED) is 0.164. The number of nitrogens with two attached hydrogens (primary N) is 1. The van der Waals surface area contributed by atoms with Crippen LogP contribution in [-0.4, -0.2) is 35.0 Å². The lowest BCUT2D eigenvalue weighted by Gasteiger charge is -2.12. The summed E-state index contributed by atoms with van der Waals surface area (Å²) in [6.07, 6.45) is 17.6. The molecule has 0 amide bonds. The van der Waals surface area contributed by atoms with E-state index in [9.17, 15) is 9.36 Å². The normalized spacial score (nSPS) is 12.9. The third kappa shape index (κ3) is 20.1. The summed E-state index contributed by atoms with van der Waals surface area (Å²) in [6, 6.07) is -1.18. The highest BCUT2D eigenvalue weighted by Gasteiger charge is 2.21. The lowest BCUT2D eigenvalue weighted by atomic mass is 10.0. The molecule has 1 atom stereocenters. The number of esters is 1. The van der Waals surface area contributed by atoms with Gasteiger partial charge in [0.05, 0.1) is 13.2 Å². The molecular formula is C19H40NO6P. The van der Waals surface area contributed by atoms with Gasteiger partial charge in [0.1, 0.15) is 6.04 Å². The highest BCUT2D eigenvalue weighted by Crippen LogP contribution is 2.35. The summed E-state index contributed by atoms with van der Waals surface area (Å²) in [5.41, 5.74) is 5.44. The Labute approximate surface area is 164 Å². The summed E-state index contributed by atoms with van der Waals surface area (Å²) in [4.78, 5) is 28.6. The number of hydrogen-bond donors (Lipinski definition) is 3. The molecule has 0 aliphatic carbocycles. The molecule has 0 radical (unpaired) electrons. The topological polar surface area (TPSA) is 119 Å². The molecular weight excluding hydrogens is 369 g/mol. The monoisotopic (exact) mass is 409 g/mol. The molecule has 0 spiro atoms. The molecule has 0 aliphatic heterocycles. The van der Waals surface area contributed by atoms with Crippen LogP contribution in [-0.2, 0) is 18.6 Å². The van der Waals surface area contributed by atoms with E-state index in [1.807, 2.05) is 0 Å².